The van der Waals surface area contributed by atoms with Gasteiger partial charge in [-0.1, -0.05) is 91.0 Å². The lowest BCUT2D eigenvalue weighted by atomic mass is 10.0. The SMILES string of the molecule is OBOc1cccc(N(c2ccc(-c3ccccc3)cc2)c2ccc(-c3ccccc3)cc2)c1. The second kappa shape index (κ2) is 10.1. The molecule has 4 heteroatoms. The Hall–Kier alpha value is -4.28. The van der Waals surface area contributed by atoms with Crippen molar-refractivity contribution in [2.24, 2.45) is 0 Å². The van der Waals surface area contributed by atoms with Crippen LogP contribution in [0.5, 0.6) is 5.75 Å². The van der Waals surface area contributed by atoms with Crippen molar-refractivity contribution < 1.29 is 9.68 Å². The Labute approximate surface area is 200 Å². The van der Waals surface area contributed by atoms with Crippen molar-refractivity contribution in [3.05, 3.63) is 133 Å². The molecule has 0 fully saturated rings. The first-order valence-electron chi connectivity index (χ1n) is 11.3. The van der Waals surface area contributed by atoms with E-state index in [4.69, 9.17) is 4.65 Å². The highest BCUT2D eigenvalue weighted by molar-refractivity contribution is 6.17. The molecule has 3 nitrogen and oxygen atoms in total. The predicted octanol–water partition coefficient (Wildman–Crippen LogP) is 7.13. The van der Waals surface area contributed by atoms with E-state index in [1.807, 2.05) is 36.4 Å². The molecule has 0 radical (unpaired) electrons. The smallest absolute Gasteiger partial charge is 0.504 e. The van der Waals surface area contributed by atoms with E-state index in [1.54, 1.807) is 0 Å². The molecule has 0 aliphatic carbocycles. The summed E-state index contributed by atoms with van der Waals surface area (Å²) in [5.74, 6) is 0.617. The van der Waals surface area contributed by atoms with E-state index in [1.165, 1.54) is 22.3 Å². The van der Waals surface area contributed by atoms with Crippen LogP contribution in [0.1, 0.15) is 0 Å². The van der Waals surface area contributed by atoms with Gasteiger partial charge < -0.3 is 14.6 Å². The topological polar surface area (TPSA) is 32.7 Å². The fourth-order valence-electron chi connectivity index (χ4n) is 4.10. The minimum Gasteiger partial charge on any atom is -0.539 e. The van der Waals surface area contributed by atoms with Gasteiger partial charge in [0, 0.05) is 23.1 Å². The Morgan fingerprint density at radius 2 is 0.941 bits per heavy atom. The van der Waals surface area contributed by atoms with Gasteiger partial charge in [-0.3, -0.25) is 0 Å². The molecular formula is C30H24BNO2. The van der Waals surface area contributed by atoms with Crippen molar-refractivity contribution in [2.45, 2.75) is 0 Å². The van der Waals surface area contributed by atoms with Crippen LogP contribution in [-0.4, -0.2) is 12.7 Å². The average molecular weight is 441 g/mol. The lowest BCUT2D eigenvalue weighted by Crippen LogP contribution is -2.10. The molecule has 0 aromatic heterocycles. The van der Waals surface area contributed by atoms with Gasteiger partial charge in [0.25, 0.3) is 0 Å². The van der Waals surface area contributed by atoms with E-state index in [0.717, 1.165) is 17.1 Å². The van der Waals surface area contributed by atoms with Crippen LogP contribution < -0.4 is 9.55 Å². The molecule has 0 saturated carbocycles. The molecule has 0 aliphatic rings. The molecule has 0 bridgehead atoms. The van der Waals surface area contributed by atoms with Gasteiger partial charge >= 0.3 is 7.69 Å². The van der Waals surface area contributed by atoms with Gasteiger partial charge in [0.15, 0.2) is 0 Å². The molecule has 0 spiro atoms. The van der Waals surface area contributed by atoms with Gasteiger partial charge in [-0.2, -0.15) is 0 Å². The monoisotopic (exact) mass is 441 g/mol. The zero-order valence-corrected chi connectivity index (χ0v) is 18.7. The zero-order valence-electron chi connectivity index (χ0n) is 18.7. The normalized spacial score (nSPS) is 10.5. The quantitative estimate of drug-likeness (QED) is 0.273. The van der Waals surface area contributed by atoms with Crippen molar-refractivity contribution >= 4 is 24.7 Å². The van der Waals surface area contributed by atoms with E-state index in [2.05, 4.69) is 102 Å². The maximum Gasteiger partial charge on any atom is 0.504 e. The first-order valence-corrected chi connectivity index (χ1v) is 11.3. The summed E-state index contributed by atoms with van der Waals surface area (Å²) in [5.41, 5.74) is 7.73. The maximum absolute atomic E-state index is 9.22. The first kappa shape index (κ1) is 21.6. The number of hydrogen-bond acceptors (Lipinski definition) is 3. The highest BCUT2D eigenvalue weighted by Gasteiger charge is 2.14. The largest absolute Gasteiger partial charge is 0.539 e. The van der Waals surface area contributed by atoms with Crippen LogP contribution in [-0.2, 0) is 0 Å². The summed E-state index contributed by atoms with van der Waals surface area (Å²) in [6.07, 6.45) is 0. The van der Waals surface area contributed by atoms with Crippen LogP contribution in [0.2, 0.25) is 0 Å². The van der Waals surface area contributed by atoms with Crippen molar-refractivity contribution in [2.75, 3.05) is 4.90 Å². The molecule has 0 atom stereocenters. The summed E-state index contributed by atoms with van der Waals surface area (Å²) in [7, 11) is -0.360. The predicted molar refractivity (Wildman–Crippen MR) is 142 cm³/mol. The van der Waals surface area contributed by atoms with Gasteiger partial charge in [-0.25, -0.2) is 0 Å². The molecule has 0 unspecified atom stereocenters. The summed E-state index contributed by atoms with van der Waals surface area (Å²) >= 11 is 0. The minimum absolute atomic E-state index is 0.360. The number of rotatable bonds is 7. The molecule has 1 N–H and O–H groups in total. The van der Waals surface area contributed by atoms with Crippen LogP contribution in [0.3, 0.4) is 0 Å². The van der Waals surface area contributed by atoms with Crippen molar-refractivity contribution in [1.82, 2.24) is 0 Å². The second-order valence-electron chi connectivity index (χ2n) is 7.93. The summed E-state index contributed by atoms with van der Waals surface area (Å²) in [6, 6.07) is 45.6. The summed E-state index contributed by atoms with van der Waals surface area (Å²) in [4.78, 5) is 2.19. The molecule has 0 heterocycles. The molecule has 34 heavy (non-hydrogen) atoms. The Kier molecular flexibility index (Phi) is 6.41. The summed E-state index contributed by atoms with van der Waals surface area (Å²) < 4.78 is 5.35. The lowest BCUT2D eigenvalue weighted by molar-refractivity contribution is 0.454. The van der Waals surface area contributed by atoms with Crippen molar-refractivity contribution in [3.63, 3.8) is 0 Å². The van der Waals surface area contributed by atoms with Crippen molar-refractivity contribution in [3.8, 4) is 28.0 Å². The molecule has 5 rings (SSSR count). The van der Waals surface area contributed by atoms with Gasteiger partial charge in [-0.05, 0) is 58.7 Å². The molecular weight excluding hydrogens is 417 g/mol. The summed E-state index contributed by atoms with van der Waals surface area (Å²) in [5, 5.41) is 9.22. The van der Waals surface area contributed by atoms with Gasteiger partial charge in [0.05, 0.1) is 0 Å². The highest BCUT2D eigenvalue weighted by Crippen LogP contribution is 2.37. The third-order valence-corrected chi connectivity index (χ3v) is 5.77. The van der Waals surface area contributed by atoms with Crippen LogP contribution in [0, 0.1) is 0 Å². The van der Waals surface area contributed by atoms with Crippen LogP contribution in [0.25, 0.3) is 22.3 Å². The van der Waals surface area contributed by atoms with E-state index in [-0.39, 0.29) is 7.69 Å². The molecule has 5 aromatic rings. The van der Waals surface area contributed by atoms with Crippen LogP contribution >= 0.6 is 0 Å². The van der Waals surface area contributed by atoms with Gasteiger partial charge in [0.1, 0.15) is 5.75 Å². The summed E-state index contributed by atoms with van der Waals surface area (Å²) in [6.45, 7) is 0. The standard InChI is InChI=1S/C30H24BNO2/c33-31-34-30-13-7-12-29(22-30)32(27-18-14-25(15-19-27)23-8-3-1-4-9-23)28-20-16-26(17-21-28)24-10-5-2-6-11-24/h1-22,31,33H. The minimum atomic E-state index is -0.360. The Morgan fingerprint density at radius 3 is 1.41 bits per heavy atom. The molecule has 164 valence electrons. The number of hydrogen-bond donors (Lipinski definition) is 1. The van der Waals surface area contributed by atoms with Gasteiger partial charge in [0.2, 0.25) is 0 Å². The van der Waals surface area contributed by atoms with Crippen molar-refractivity contribution in [1.29, 1.82) is 0 Å². The van der Waals surface area contributed by atoms with E-state index in [9.17, 15) is 5.02 Å². The van der Waals surface area contributed by atoms with E-state index >= 15 is 0 Å². The molecule has 0 aliphatic heterocycles. The Morgan fingerprint density at radius 1 is 0.471 bits per heavy atom. The van der Waals surface area contributed by atoms with E-state index < -0.39 is 0 Å². The van der Waals surface area contributed by atoms with E-state index in [0.29, 0.717) is 5.75 Å². The fourth-order valence-corrected chi connectivity index (χ4v) is 4.10. The molecule has 0 amide bonds. The fraction of sp³-hybridized carbons (Fsp3) is 0. The number of anilines is 3. The zero-order chi connectivity index (χ0) is 23.2. The molecule has 5 aromatic carbocycles. The second-order valence-corrected chi connectivity index (χ2v) is 7.93. The van der Waals surface area contributed by atoms with Gasteiger partial charge in [-0.15, -0.1) is 0 Å². The maximum atomic E-state index is 9.22. The highest BCUT2D eigenvalue weighted by atomic mass is 16.5. The third kappa shape index (κ3) is 4.73. The number of benzene rings is 5. The Balaban J connectivity index is 1.55. The Bertz CT molecular complexity index is 1260. The number of nitrogens with zero attached hydrogens (tertiary/aromatic N) is 1. The average Bonchev–Trinajstić information content (AvgIpc) is 2.91. The third-order valence-electron chi connectivity index (χ3n) is 5.77. The van der Waals surface area contributed by atoms with Crippen LogP contribution in [0.4, 0.5) is 17.1 Å². The molecule has 0 saturated heterocycles. The lowest BCUT2D eigenvalue weighted by Gasteiger charge is -2.26. The first-order chi connectivity index (χ1) is 16.8. The van der Waals surface area contributed by atoms with Crippen LogP contribution in [0.15, 0.2) is 133 Å².